The molecular formula is C13H18S3. The quantitative estimate of drug-likeness (QED) is 0.387. The van der Waals surface area contributed by atoms with E-state index in [9.17, 15) is 0 Å². The first-order valence-electron chi connectivity index (χ1n) is 5.72. The predicted octanol–water partition coefficient (Wildman–Crippen LogP) is 5.38. The van der Waals surface area contributed by atoms with Gasteiger partial charge >= 0.3 is 0 Å². The highest BCUT2D eigenvalue weighted by atomic mass is 32.2. The van der Waals surface area contributed by atoms with Gasteiger partial charge in [-0.1, -0.05) is 68.4 Å². The first-order chi connectivity index (χ1) is 7.83. The van der Waals surface area contributed by atoms with Crippen molar-refractivity contribution < 1.29 is 0 Å². The van der Waals surface area contributed by atoms with Crippen molar-refractivity contribution in [2.24, 2.45) is 0 Å². The molecule has 0 N–H and O–H groups in total. The van der Waals surface area contributed by atoms with Gasteiger partial charge in [0.25, 0.3) is 0 Å². The van der Waals surface area contributed by atoms with Gasteiger partial charge in [-0.05, 0) is 24.3 Å². The average molecular weight is 270 g/mol. The van der Waals surface area contributed by atoms with Crippen LogP contribution < -0.4 is 0 Å². The van der Waals surface area contributed by atoms with E-state index < -0.39 is 0 Å². The molecule has 0 aliphatic rings. The van der Waals surface area contributed by atoms with Crippen LogP contribution in [0.3, 0.4) is 0 Å². The van der Waals surface area contributed by atoms with Crippen LogP contribution in [0.15, 0.2) is 35.2 Å². The Bertz CT molecular complexity index is 295. The van der Waals surface area contributed by atoms with Gasteiger partial charge in [0.2, 0.25) is 0 Å². The van der Waals surface area contributed by atoms with Gasteiger partial charge < -0.3 is 0 Å². The van der Waals surface area contributed by atoms with Gasteiger partial charge in [0.05, 0.1) is 0 Å². The fourth-order valence-corrected chi connectivity index (χ4v) is 3.61. The lowest BCUT2D eigenvalue weighted by Gasteiger charge is -2.03. The maximum absolute atomic E-state index is 5.34. The highest BCUT2D eigenvalue weighted by Crippen LogP contribution is 2.26. The summed E-state index contributed by atoms with van der Waals surface area (Å²) in [6, 6.07) is 10.3. The summed E-state index contributed by atoms with van der Waals surface area (Å²) in [7, 11) is 0. The Labute approximate surface area is 113 Å². The Balaban J connectivity index is 2.12. The average Bonchev–Trinajstić information content (AvgIpc) is 2.30. The van der Waals surface area contributed by atoms with Crippen molar-refractivity contribution in [3.05, 3.63) is 30.3 Å². The summed E-state index contributed by atoms with van der Waals surface area (Å²) in [5.41, 5.74) is 0. The molecule has 3 heteroatoms. The van der Waals surface area contributed by atoms with Gasteiger partial charge in [0.15, 0.2) is 0 Å². The number of benzene rings is 1. The van der Waals surface area contributed by atoms with E-state index in [2.05, 4.69) is 31.2 Å². The molecule has 0 saturated carbocycles. The zero-order valence-corrected chi connectivity index (χ0v) is 12.1. The third-order valence-electron chi connectivity index (χ3n) is 2.16. The normalized spacial score (nSPS) is 10.3. The monoisotopic (exact) mass is 270 g/mol. The van der Waals surface area contributed by atoms with Crippen molar-refractivity contribution >= 4 is 39.3 Å². The topological polar surface area (TPSA) is 0 Å². The molecule has 0 bridgehead atoms. The molecule has 0 fully saturated rings. The van der Waals surface area contributed by atoms with Crippen molar-refractivity contribution in [3.63, 3.8) is 0 Å². The molecule has 1 aromatic carbocycles. The summed E-state index contributed by atoms with van der Waals surface area (Å²) in [5, 5.41) is 0. The molecule has 0 aromatic heterocycles. The number of thioether (sulfide) groups is 2. The van der Waals surface area contributed by atoms with E-state index in [0.717, 1.165) is 3.53 Å². The summed E-state index contributed by atoms with van der Waals surface area (Å²) in [6.45, 7) is 2.24. The van der Waals surface area contributed by atoms with Gasteiger partial charge in [-0.15, -0.1) is 11.8 Å². The lowest BCUT2D eigenvalue weighted by atomic mass is 10.2. The third-order valence-corrected chi connectivity index (χ3v) is 4.77. The second-order valence-electron chi connectivity index (χ2n) is 3.57. The molecule has 16 heavy (non-hydrogen) atoms. The van der Waals surface area contributed by atoms with Crippen LogP contribution in [0.4, 0.5) is 0 Å². The minimum absolute atomic E-state index is 1.04. The van der Waals surface area contributed by atoms with Crippen molar-refractivity contribution in [2.75, 3.05) is 5.75 Å². The highest BCUT2D eigenvalue weighted by molar-refractivity contribution is 8.47. The molecule has 1 rings (SSSR count). The molecule has 1 aromatic rings. The SMILES string of the molecule is CCCCCCSC(=S)Sc1ccccc1. The Hall–Kier alpha value is 0.01000. The highest BCUT2D eigenvalue weighted by Gasteiger charge is 2.00. The van der Waals surface area contributed by atoms with Crippen LogP contribution in [0.5, 0.6) is 0 Å². The molecular weight excluding hydrogens is 252 g/mol. The van der Waals surface area contributed by atoms with E-state index in [0.29, 0.717) is 0 Å². The van der Waals surface area contributed by atoms with E-state index in [1.54, 1.807) is 11.8 Å². The molecule has 0 atom stereocenters. The maximum Gasteiger partial charge on any atom is 0.109 e. The largest absolute Gasteiger partial charge is 0.109 e. The lowest BCUT2D eigenvalue weighted by molar-refractivity contribution is 0.707. The number of thiocarbonyl (C=S) groups is 1. The van der Waals surface area contributed by atoms with Gasteiger partial charge in [0.1, 0.15) is 3.53 Å². The molecule has 0 radical (unpaired) electrons. The van der Waals surface area contributed by atoms with Gasteiger partial charge in [-0.3, -0.25) is 0 Å². The molecule has 0 unspecified atom stereocenters. The van der Waals surface area contributed by atoms with Crippen LogP contribution in [0, 0.1) is 0 Å². The number of rotatable bonds is 6. The van der Waals surface area contributed by atoms with E-state index >= 15 is 0 Å². The summed E-state index contributed by atoms with van der Waals surface area (Å²) in [4.78, 5) is 1.24. The standard InChI is InChI=1S/C13H18S3/c1-2-3-4-8-11-15-13(14)16-12-9-6-5-7-10-12/h5-7,9-10H,2-4,8,11H2,1H3. The van der Waals surface area contributed by atoms with Crippen LogP contribution in [0.1, 0.15) is 32.6 Å². The molecule has 0 aliphatic carbocycles. The minimum Gasteiger partial charge on any atom is -0.107 e. The first-order valence-corrected chi connectivity index (χ1v) is 7.93. The molecule has 0 saturated heterocycles. The third kappa shape index (κ3) is 6.56. The van der Waals surface area contributed by atoms with Gasteiger partial charge in [-0.2, -0.15) is 0 Å². The fraction of sp³-hybridized carbons (Fsp3) is 0.462. The van der Waals surface area contributed by atoms with Gasteiger partial charge in [0, 0.05) is 4.90 Å². The molecule has 88 valence electrons. The van der Waals surface area contributed by atoms with E-state index in [4.69, 9.17) is 12.2 Å². The zero-order chi connectivity index (χ0) is 11.6. The van der Waals surface area contributed by atoms with E-state index in [1.807, 2.05) is 17.8 Å². The summed E-state index contributed by atoms with van der Waals surface area (Å²) < 4.78 is 1.04. The van der Waals surface area contributed by atoms with Gasteiger partial charge in [-0.25, -0.2) is 0 Å². The van der Waals surface area contributed by atoms with Crippen LogP contribution in [-0.4, -0.2) is 9.28 Å². The van der Waals surface area contributed by atoms with Crippen LogP contribution in [0.25, 0.3) is 0 Å². The summed E-state index contributed by atoms with van der Waals surface area (Å²) >= 11 is 8.86. The Morgan fingerprint density at radius 1 is 1.12 bits per heavy atom. The maximum atomic E-state index is 5.34. The minimum atomic E-state index is 1.04. The van der Waals surface area contributed by atoms with Crippen molar-refractivity contribution in [1.82, 2.24) is 0 Å². The number of hydrogen-bond donors (Lipinski definition) is 0. The van der Waals surface area contributed by atoms with Crippen LogP contribution >= 0.6 is 35.7 Å². The second kappa shape index (κ2) is 9.08. The lowest BCUT2D eigenvalue weighted by Crippen LogP contribution is -1.86. The summed E-state index contributed by atoms with van der Waals surface area (Å²) in [5.74, 6) is 1.17. The number of unbranched alkanes of at least 4 members (excludes halogenated alkanes) is 3. The smallest absolute Gasteiger partial charge is 0.107 e. The van der Waals surface area contributed by atoms with Crippen molar-refractivity contribution in [3.8, 4) is 0 Å². The molecule has 0 amide bonds. The second-order valence-corrected chi connectivity index (χ2v) is 6.95. The zero-order valence-electron chi connectivity index (χ0n) is 9.65. The number of hydrogen-bond acceptors (Lipinski definition) is 3. The summed E-state index contributed by atoms with van der Waals surface area (Å²) in [6.07, 6.45) is 5.27. The fourth-order valence-electron chi connectivity index (χ4n) is 1.30. The van der Waals surface area contributed by atoms with Crippen molar-refractivity contribution in [1.29, 1.82) is 0 Å². The molecule has 0 aliphatic heterocycles. The molecule has 0 nitrogen and oxygen atoms in total. The Kier molecular flexibility index (Phi) is 7.99. The van der Waals surface area contributed by atoms with Crippen molar-refractivity contribution in [2.45, 2.75) is 37.5 Å². The first kappa shape index (κ1) is 14.1. The predicted molar refractivity (Wildman–Crippen MR) is 81.5 cm³/mol. The van der Waals surface area contributed by atoms with E-state index in [1.165, 1.54) is 36.3 Å². The molecule has 0 heterocycles. The van der Waals surface area contributed by atoms with Crippen LogP contribution in [-0.2, 0) is 0 Å². The molecule has 0 spiro atoms. The van der Waals surface area contributed by atoms with Crippen LogP contribution in [0.2, 0.25) is 0 Å². The Morgan fingerprint density at radius 3 is 2.56 bits per heavy atom. The Morgan fingerprint density at radius 2 is 1.88 bits per heavy atom. The van der Waals surface area contributed by atoms with E-state index in [-0.39, 0.29) is 0 Å².